The number of nitrogens with one attached hydrogen (secondary N) is 1. The van der Waals surface area contributed by atoms with Crippen LogP contribution < -0.4 is 11.1 Å². The summed E-state index contributed by atoms with van der Waals surface area (Å²) in [6.45, 7) is 6.47. The van der Waals surface area contributed by atoms with Crippen LogP contribution in [0.25, 0.3) is 0 Å². The van der Waals surface area contributed by atoms with Crippen molar-refractivity contribution in [1.82, 2.24) is 5.32 Å². The summed E-state index contributed by atoms with van der Waals surface area (Å²) < 4.78 is 5.32. The molecule has 0 amide bonds. The van der Waals surface area contributed by atoms with Crippen LogP contribution in [0.2, 0.25) is 0 Å². The average Bonchev–Trinajstić information content (AvgIpc) is 2.26. The Morgan fingerprint density at radius 2 is 2.13 bits per heavy atom. The molecule has 2 unspecified atom stereocenters. The van der Waals surface area contributed by atoms with E-state index in [1.54, 1.807) is 0 Å². The Kier molecular flexibility index (Phi) is 4.11. The number of carbonyl (C=O) groups excluding carboxylic acids is 1. The number of rotatable bonds is 1. The molecule has 0 radical (unpaired) electrons. The van der Waals surface area contributed by atoms with E-state index < -0.39 is 5.60 Å². The third kappa shape index (κ3) is 4.62. The van der Waals surface area contributed by atoms with E-state index in [0.717, 1.165) is 19.4 Å². The third-order valence-electron chi connectivity index (χ3n) is 2.37. The first kappa shape index (κ1) is 12.5. The quantitative estimate of drug-likeness (QED) is 0.634. The molecule has 1 heterocycles. The van der Waals surface area contributed by atoms with Crippen LogP contribution in [0.1, 0.15) is 40.0 Å². The van der Waals surface area contributed by atoms with Crippen LogP contribution in [-0.2, 0) is 9.53 Å². The molecule has 1 aliphatic rings. The first-order valence-electron chi connectivity index (χ1n) is 5.60. The van der Waals surface area contributed by atoms with Gasteiger partial charge in [-0.1, -0.05) is 0 Å². The summed E-state index contributed by atoms with van der Waals surface area (Å²) in [4.78, 5) is 11.8. The summed E-state index contributed by atoms with van der Waals surface area (Å²) in [6.07, 6.45) is 2.68. The maximum Gasteiger partial charge on any atom is 0.323 e. The Morgan fingerprint density at radius 3 is 2.73 bits per heavy atom. The highest BCUT2D eigenvalue weighted by molar-refractivity contribution is 5.76. The standard InChI is InChI=1S/C11H22N2O2/c1-11(2,3)15-10(14)9-7-8(12)5-4-6-13-9/h8-9,13H,4-7,12H2,1-3H3. The van der Waals surface area contributed by atoms with Gasteiger partial charge in [0.25, 0.3) is 0 Å². The fourth-order valence-electron chi connectivity index (χ4n) is 1.70. The van der Waals surface area contributed by atoms with Crippen LogP contribution >= 0.6 is 0 Å². The smallest absolute Gasteiger partial charge is 0.323 e. The largest absolute Gasteiger partial charge is 0.459 e. The van der Waals surface area contributed by atoms with Crippen molar-refractivity contribution in [3.8, 4) is 0 Å². The monoisotopic (exact) mass is 214 g/mol. The third-order valence-corrected chi connectivity index (χ3v) is 2.37. The predicted molar refractivity (Wildman–Crippen MR) is 59.5 cm³/mol. The normalized spacial score (nSPS) is 28.3. The lowest BCUT2D eigenvalue weighted by molar-refractivity contribution is -0.157. The fraction of sp³-hybridized carbons (Fsp3) is 0.909. The van der Waals surface area contributed by atoms with Crippen LogP contribution in [-0.4, -0.2) is 30.2 Å². The Bertz CT molecular complexity index is 223. The van der Waals surface area contributed by atoms with Gasteiger partial charge in [0.15, 0.2) is 0 Å². The molecule has 4 heteroatoms. The second-order valence-electron chi connectivity index (χ2n) is 5.18. The highest BCUT2D eigenvalue weighted by Crippen LogP contribution is 2.13. The molecule has 0 aromatic carbocycles. The fourth-order valence-corrected chi connectivity index (χ4v) is 1.70. The maximum atomic E-state index is 11.8. The van der Waals surface area contributed by atoms with Crippen LogP contribution in [0.4, 0.5) is 0 Å². The number of hydrogen-bond donors (Lipinski definition) is 2. The van der Waals surface area contributed by atoms with Crippen LogP contribution in [0, 0.1) is 0 Å². The lowest BCUT2D eigenvalue weighted by Crippen LogP contribution is -2.43. The van der Waals surface area contributed by atoms with Gasteiger partial charge in [0.1, 0.15) is 11.6 Å². The summed E-state index contributed by atoms with van der Waals surface area (Å²) >= 11 is 0. The van der Waals surface area contributed by atoms with Crippen molar-refractivity contribution in [1.29, 1.82) is 0 Å². The number of ether oxygens (including phenoxy) is 1. The van der Waals surface area contributed by atoms with Gasteiger partial charge >= 0.3 is 5.97 Å². The highest BCUT2D eigenvalue weighted by Gasteiger charge is 2.27. The van der Waals surface area contributed by atoms with Crippen molar-refractivity contribution in [2.75, 3.05) is 6.54 Å². The molecule has 2 atom stereocenters. The molecule has 4 nitrogen and oxygen atoms in total. The molecule has 0 aliphatic carbocycles. The number of carbonyl (C=O) groups is 1. The highest BCUT2D eigenvalue weighted by atomic mass is 16.6. The van der Waals surface area contributed by atoms with Gasteiger partial charge in [0.05, 0.1) is 0 Å². The Labute approximate surface area is 91.5 Å². The van der Waals surface area contributed by atoms with Crippen molar-refractivity contribution >= 4 is 5.97 Å². The van der Waals surface area contributed by atoms with Gasteiger partial charge in [-0.05, 0) is 46.6 Å². The van der Waals surface area contributed by atoms with Gasteiger partial charge in [-0.25, -0.2) is 0 Å². The molecule has 0 aromatic heterocycles. The van der Waals surface area contributed by atoms with E-state index in [1.165, 1.54) is 0 Å². The number of esters is 1. The Hall–Kier alpha value is -0.610. The van der Waals surface area contributed by atoms with Gasteiger partial charge in [0, 0.05) is 6.04 Å². The first-order valence-corrected chi connectivity index (χ1v) is 5.60. The second-order valence-corrected chi connectivity index (χ2v) is 5.18. The first-order chi connectivity index (χ1) is 6.88. The van der Waals surface area contributed by atoms with Crippen LogP contribution in [0.15, 0.2) is 0 Å². The lowest BCUT2D eigenvalue weighted by Gasteiger charge is -2.24. The average molecular weight is 214 g/mol. The van der Waals surface area contributed by atoms with E-state index >= 15 is 0 Å². The van der Waals surface area contributed by atoms with Crippen molar-refractivity contribution in [3.05, 3.63) is 0 Å². The van der Waals surface area contributed by atoms with Crippen molar-refractivity contribution in [2.24, 2.45) is 5.73 Å². The summed E-state index contributed by atoms with van der Waals surface area (Å²) in [7, 11) is 0. The topological polar surface area (TPSA) is 64.3 Å². The Balaban J connectivity index is 2.50. The Morgan fingerprint density at radius 1 is 1.47 bits per heavy atom. The van der Waals surface area contributed by atoms with Gasteiger partial charge in [0.2, 0.25) is 0 Å². The summed E-state index contributed by atoms with van der Waals surface area (Å²) in [5, 5.41) is 3.18. The van der Waals surface area contributed by atoms with E-state index in [9.17, 15) is 4.79 Å². The molecule has 1 saturated heterocycles. The van der Waals surface area contributed by atoms with E-state index in [0.29, 0.717) is 6.42 Å². The van der Waals surface area contributed by atoms with E-state index in [4.69, 9.17) is 10.5 Å². The van der Waals surface area contributed by atoms with Gasteiger partial charge in [-0.15, -0.1) is 0 Å². The van der Waals surface area contributed by atoms with Gasteiger partial charge in [-0.3, -0.25) is 4.79 Å². The number of nitrogens with two attached hydrogens (primary N) is 1. The maximum absolute atomic E-state index is 11.8. The molecule has 15 heavy (non-hydrogen) atoms. The van der Waals surface area contributed by atoms with E-state index in [2.05, 4.69) is 5.32 Å². The second kappa shape index (κ2) is 4.94. The minimum absolute atomic E-state index is 0.109. The molecule has 1 aliphatic heterocycles. The molecule has 1 fully saturated rings. The summed E-state index contributed by atoms with van der Waals surface area (Å²) in [6, 6.07) is -0.126. The molecule has 1 rings (SSSR count). The number of hydrogen-bond acceptors (Lipinski definition) is 4. The molecular weight excluding hydrogens is 192 g/mol. The summed E-state index contributed by atoms with van der Waals surface area (Å²) in [5.74, 6) is -0.181. The molecule has 88 valence electrons. The van der Waals surface area contributed by atoms with Gasteiger partial charge < -0.3 is 15.8 Å². The molecule has 0 bridgehead atoms. The zero-order valence-corrected chi connectivity index (χ0v) is 9.88. The van der Waals surface area contributed by atoms with Crippen molar-refractivity contribution in [3.63, 3.8) is 0 Å². The van der Waals surface area contributed by atoms with Crippen LogP contribution in [0.3, 0.4) is 0 Å². The van der Waals surface area contributed by atoms with Gasteiger partial charge in [-0.2, -0.15) is 0 Å². The zero-order chi connectivity index (χ0) is 11.5. The SMILES string of the molecule is CC(C)(C)OC(=O)C1CC(N)CCCN1. The molecule has 0 spiro atoms. The lowest BCUT2D eigenvalue weighted by atomic mass is 10.1. The molecule has 0 aromatic rings. The van der Waals surface area contributed by atoms with Crippen molar-refractivity contribution < 1.29 is 9.53 Å². The minimum atomic E-state index is -0.421. The zero-order valence-electron chi connectivity index (χ0n) is 9.88. The van der Waals surface area contributed by atoms with E-state index in [1.807, 2.05) is 20.8 Å². The summed E-state index contributed by atoms with van der Waals surface area (Å²) in [5.41, 5.74) is 5.46. The molecule has 0 saturated carbocycles. The van der Waals surface area contributed by atoms with Crippen LogP contribution in [0.5, 0.6) is 0 Å². The molecule has 3 N–H and O–H groups in total. The minimum Gasteiger partial charge on any atom is -0.459 e. The van der Waals surface area contributed by atoms with Crippen molar-refractivity contribution in [2.45, 2.75) is 57.7 Å². The molecular formula is C11H22N2O2. The predicted octanol–water partition coefficient (Wildman–Crippen LogP) is 0.798. The van der Waals surface area contributed by atoms with E-state index in [-0.39, 0.29) is 18.1 Å².